The smallest absolute Gasteiger partial charge is 0.234 e. The summed E-state index contributed by atoms with van der Waals surface area (Å²) >= 11 is 0. The molecule has 1 rings (SSSR count). The lowest BCUT2D eigenvalue weighted by Gasteiger charge is -2.04. The molecule has 78 valence electrons. The fourth-order valence-corrected chi connectivity index (χ4v) is 1.58. The van der Waals surface area contributed by atoms with Crippen molar-refractivity contribution in [2.24, 2.45) is 0 Å². The molecule has 0 saturated heterocycles. The maximum Gasteiger partial charge on any atom is 0.280 e. The van der Waals surface area contributed by atoms with Crippen molar-refractivity contribution in [1.82, 2.24) is 4.98 Å². The molecule has 0 aliphatic carbocycles. The van der Waals surface area contributed by atoms with E-state index in [9.17, 15) is 17.2 Å². The zero-order chi connectivity index (χ0) is 10.9. The second-order valence-electron chi connectivity index (χ2n) is 2.59. The molecule has 0 atom stereocenters. The average molecular weight is 242 g/mol. The normalized spacial score (nSPS) is 12.1. The van der Waals surface area contributed by atoms with Gasteiger partial charge in [0, 0.05) is 10.7 Å². The lowest BCUT2D eigenvalue weighted by atomic mass is 10.2. The summed E-state index contributed by atoms with van der Waals surface area (Å²) in [6, 6.07) is 2.33. The average Bonchev–Trinajstić information content (AvgIpc) is 2.02. The number of aromatic nitrogens is 1. The first kappa shape index (κ1) is 11.3. The molecule has 0 amide bonds. The van der Waals surface area contributed by atoms with Crippen LogP contribution in [-0.4, -0.2) is 13.4 Å². The van der Waals surface area contributed by atoms with Crippen molar-refractivity contribution < 1.29 is 17.2 Å². The standard InChI is InChI=1S/C7H6ClF2NO2S/c1-4-2-3-5(14(8,12)13)11-6(4)7(9)10/h2-3,7H,1H3. The van der Waals surface area contributed by atoms with Crippen LogP contribution in [0.5, 0.6) is 0 Å². The highest BCUT2D eigenvalue weighted by Gasteiger charge is 2.18. The van der Waals surface area contributed by atoms with Crippen LogP contribution in [0.2, 0.25) is 0 Å². The molecule has 3 nitrogen and oxygen atoms in total. The molecule has 1 heterocycles. The van der Waals surface area contributed by atoms with E-state index in [1.165, 1.54) is 13.0 Å². The second-order valence-corrected chi connectivity index (χ2v) is 5.10. The number of hydrogen-bond donors (Lipinski definition) is 0. The minimum atomic E-state index is -4.05. The van der Waals surface area contributed by atoms with Gasteiger partial charge in [-0.05, 0) is 18.6 Å². The van der Waals surface area contributed by atoms with Gasteiger partial charge in [0.15, 0.2) is 5.03 Å². The Bertz CT molecular complexity index is 447. The number of rotatable bonds is 2. The highest BCUT2D eigenvalue weighted by molar-refractivity contribution is 8.13. The first-order chi connectivity index (χ1) is 6.32. The van der Waals surface area contributed by atoms with Crippen LogP contribution in [0.4, 0.5) is 8.78 Å². The Hall–Kier alpha value is -0.750. The summed E-state index contributed by atoms with van der Waals surface area (Å²) in [7, 11) is 0.905. The highest BCUT2D eigenvalue weighted by Crippen LogP contribution is 2.23. The van der Waals surface area contributed by atoms with Crippen molar-refractivity contribution in [2.45, 2.75) is 18.4 Å². The van der Waals surface area contributed by atoms with Gasteiger partial charge in [-0.25, -0.2) is 22.2 Å². The van der Waals surface area contributed by atoms with Gasteiger partial charge < -0.3 is 0 Å². The fourth-order valence-electron chi connectivity index (χ4n) is 0.883. The Morgan fingerprint density at radius 2 is 2.00 bits per heavy atom. The molecule has 1 aromatic rings. The van der Waals surface area contributed by atoms with Gasteiger partial charge >= 0.3 is 0 Å². The van der Waals surface area contributed by atoms with Gasteiger partial charge in [-0.2, -0.15) is 0 Å². The van der Waals surface area contributed by atoms with E-state index in [4.69, 9.17) is 10.7 Å². The van der Waals surface area contributed by atoms with Gasteiger partial charge in [-0.15, -0.1) is 0 Å². The van der Waals surface area contributed by atoms with Gasteiger partial charge in [-0.1, -0.05) is 6.07 Å². The van der Waals surface area contributed by atoms with Crippen molar-refractivity contribution in [3.63, 3.8) is 0 Å². The van der Waals surface area contributed by atoms with E-state index in [2.05, 4.69) is 4.98 Å². The Balaban J connectivity index is 3.34. The zero-order valence-corrected chi connectivity index (χ0v) is 8.61. The predicted molar refractivity (Wildman–Crippen MR) is 47.0 cm³/mol. The van der Waals surface area contributed by atoms with E-state index in [0.29, 0.717) is 0 Å². The highest BCUT2D eigenvalue weighted by atomic mass is 35.7. The molecule has 0 saturated carbocycles. The first-order valence-corrected chi connectivity index (χ1v) is 5.83. The van der Waals surface area contributed by atoms with Crippen molar-refractivity contribution in [2.75, 3.05) is 0 Å². The molecule has 0 aliphatic heterocycles. The molecule has 7 heteroatoms. The van der Waals surface area contributed by atoms with Crippen LogP contribution >= 0.6 is 10.7 Å². The third kappa shape index (κ3) is 2.39. The quantitative estimate of drug-likeness (QED) is 0.746. The van der Waals surface area contributed by atoms with E-state index < -0.39 is 26.2 Å². The summed E-state index contributed by atoms with van der Waals surface area (Å²) in [6.07, 6.45) is -2.81. The maximum absolute atomic E-state index is 12.3. The lowest BCUT2D eigenvalue weighted by Crippen LogP contribution is -2.01. The van der Waals surface area contributed by atoms with Crippen LogP contribution < -0.4 is 0 Å². The third-order valence-electron chi connectivity index (χ3n) is 1.57. The third-order valence-corrected chi connectivity index (χ3v) is 2.77. The largest absolute Gasteiger partial charge is 0.280 e. The van der Waals surface area contributed by atoms with E-state index in [1.807, 2.05) is 0 Å². The van der Waals surface area contributed by atoms with Gasteiger partial charge in [0.25, 0.3) is 15.5 Å². The molecule has 14 heavy (non-hydrogen) atoms. The minimum Gasteiger partial charge on any atom is -0.234 e. The molecule has 0 radical (unpaired) electrons. The minimum absolute atomic E-state index is 0.226. The number of nitrogens with zero attached hydrogens (tertiary/aromatic N) is 1. The number of aryl methyl sites for hydroxylation is 1. The maximum atomic E-state index is 12.3. The molecular formula is C7H6ClF2NO2S. The summed E-state index contributed by atoms with van der Waals surface area (Å²) in [5, 5.41) is -0.555. The lowest BCUT2D eigenvalue weighted by molar-refractivity contribution is 0.144. The molecule has 0 unspecified atom stereocenters. The van der Waals surface area contributed by atoms with E-state index in [1.54, 1.807) is 0 Å². The monoisotopic (exact) mass is 241 g/mol. The molecular weight excluding hydrogens is 236 g/mol. The summed E-state index contributed by atoms with van der Waals surface area (Å²) in [6.45, 7) is 1.42. The first-order valence-electron chi connectivity index (χ1n) is 3.52. The number of halogens is 3. The Kier molecular flexibility index (Phi) is 3.06. The molecule has 1 aromatic heterocycles. The number of alkyl halides is 2. The van der Waals surface area contributed by atoms with Crippen LogP contribution in [0.15, 0.2) is 17.2 Å². The number of hydrogen-bond acceptors (Lipinski definition) is 3. The summed E-state index contributed by atoms with van der Waals surface area (Å²) in [5.74, 6) is 0. The molecule has 0 fully saturated rings. The summed E-state index contributed by atoms with van der Waals surface area (Å²) in [5.41, 5.74) is -0.337. The predicted octanol–water partition coefficient (Wildman–Crippen LogP) is 2.26. The van der Waals surface area contributed by atoms with Crippen molar-refractivity contribution in [3.05, 3.63) is 23.4 Å². The molecule has 0 N–H and O–H groups in total. The van der Waals surface area contributed by atoms with E-state index in [-0.39, 0.29) is 5.56 Å². The molecule has 0 aliphatic rings. The van der Waals surface area contributed by atoms with Crippen LogP contribution in [0.1, 0.15) is 17.7 Å². The van der Waals surface area contributed by atoms with Gasteiger partial charge in [-0.3, -0.25) is 0 Å². The Morgan fingerprint density at radius 3 is 2.43 bits per heavy atom. The van der Waals surface area contributed by atoms with Crippen molar-refractivity contribution in [1.29, 1.82) is 0 Å². The Morgan fingerprint density at radius 1 is 1.43 bits per heavy atom. The summed E-state index contributed by atoms with van der Waals surface area (Å²) in [4.78, 5) is 3.27. The van der Waals surface area contributed by atoms with E-state index in [0.717, 1.165) is 6.07 Å². The molecule has 0 spiro atoms. The van der Waals surface area contributed by atoms with E-state index >= 15 is 0 Å². The number of pyridine rings is 1. The van der Waals surface area contributed by atoms with Crippen LogP contribution in [0.3, 0.4) is 0 Å². The second kappa shape index (κ2) is 3.78. The van der Waals surface area contributed by atoms with Gasteiger partial charge in [0.2, 0.25) is 0 Å². The van der Waals surface area contributed by atoms with Crippen LogP contribution in [-0.2, 0) is 9.05 Å². The van der Waals surface area contributed by atoms with Crippen LogP contribution in [0.25, 0.3) is 0 Å². The zero-order valence-electron chi connectivity index (χ0n) is 7.04. The topological polar surface area (TPSA) is 47.0 Å². The summed E-state index contributed by atoms with van der Waals surface area (Å²) < 4.78 is 46.1. The molecule has 0 bridgehead atoms. The SMILES string of the molecule is Cc1ccc(S(=O)(=O)Cl)nc1C(F)F. The molecule has 0 aromatic carbocycles. The van der Waals surface area contributed by atoms with Crippen molar-refractivity contribution >= 4 is 19.7 Å². The van der Waals surface area contributed by atoms with Gasteiger partial charge in [0.05, 0.1) is 0 Å². The Labute approximate surface area is 84.1 Å². The van der Waals surface area contributed by atoms with Crippen molar-refractivity contribution in [3.8, 4) is 0 Å². The van der Waals surface area contributed by atoms with Crippen LogP contribution in [0, 0.1) is 6.92 Å². The fraction of sp³-hybridized carbons (Fsp3) is 0.286. The van der Waals surface area contributed by atoms with Gasteiger partial charge in [0.1, 0.15) is 5.69 Å².